The summed E-state index contributed by atoms with van der Waals surface area (Å²) in [5.41, 5.74) is 0.878. The third-order valence-electron chi connectivity index (χ3n) is 3.79. The minimum absolute atomic E-state index is 0.0150. The van der Waals surface area contributed by atoms with Crippen molar-refractivity contribution in [1.82, 2.24) is 20.4 Å². The first kappa shape index (κ1) is 16.3. The van der Waals surface area contributed by atoms with E-state index in [0.717, 1.165) is 17.7 Å². The molecule has 128 valence electrons. The molecule has 0 bridgehead atoms. The number of rotatable bonds is 4. The van der Waals surface area contributed by atoms with Gasteiger partial charge >= 0.3 is 6.03 Å². The van der Waals surface area contributed by atoms with E-state index in [1.807, 2.05) is 38.1 Å². The summed E-state index contributed by atoms with van der Waals surface area (Å²) in [6.07, 6.45) is 0.846. The van der Waals surface area contributed by atoms with Crippen LogP contribution in [0.5, 0.6) is 5.75 Å². The van der Waals surface area contributed by atoms with Gasteiger partial charge in [0.1, 0.15) is 11.9 Å². The fourth-order valence-corrected chi connectivity index (χ4v) is 2.64. The normalized spacial score (nSPS) is 17.3. The largest absolute Gasteiger partial charge is 0.489 e. The van der Waals surface area contributed by atoms with Crippen molar-refractivity contribution in [2.24, 2.45) is 0 Å². The van der Waals surface area contributed by atoms with Gasteiger partial charge < -0.3 is 19.5 Å². The topological polar surface area (TPSA) is 80.5 Å². The summed E-state index contributed by atoms with van der Waals surface area (Å²) < 4.78 is 11.0. The van der Waals surface area contributed by atoms with Crippen molar-refractivity contribution in [3.05, 3.63) is 30.2 Å². The number of nitrogens with zero attached hydrogens (tertiary/aromatic N) is 3. The van der Waals surface area contributed by atoms with Crippen LogP contribution in [0, 0.1) is 6.92 Å². The fourth-order valence-electron chi connectivity index (χ4n) is 2.64. The average molecular weight is 330 g/mol. The Morgan fingerprint density at radius 1 is 1.38 bits per heavy atom. The van der Waals surface area contributed by atoms with Gasteiger partial charge in [0.05, 0.1) is 6.54 Å². The van der Waals surface area contributed by atoms with Crippen molar-refractivity contribution < 1.29 is 14.1 Å². The van der Waals surface area contributed by atoms with Crippen LogP contribution >= 0.6 is 0 Å². The summed E-state index contributed by atoms with van der Waals surface area (Å²) in [6, 6.07) is 7.68. The molecule has 24 heavy (non-hydrogen) atoms. The van der Waals surface area contributed by atoms with Gasteiger partial charge in [-0.25, -0.2) is 4.79 Å². The van der Waals surface area contributed by atoms with Gasteiger partial charge in [0.25, 0.3) is 0 Å². The van der Waals surface area contributed by atoms with Crippen LogP contribution in [0.1, 0.15) is 26.2 Å². The number of urea groups is 1. The molecule has 1 aromatic heterocycles. The van der Waals surface area contributed by atoms with Crippen LogP contribution in [0.3, 0.4) is 0 Å². The van der Waals surface area contributed by atoms with Crippen LogP contribution in [0.25, 0.3) is 11.4 Å². The van der Waals surface area contributed by atoms with E-state index in [4.69, 9.17) is 9.26 Å². The smallest absolute Gasteiger partial charge is 0.317 e. The molecule has 1 saturated heterocycles. The van der Waals surface area contributed by atoms with Crippen LogP contribution in [0.15, 0.2) is 28.8 Å². The number of carbonyl (C=O) groups excluding carboxylic acids is 1. The highest BCUT2D eigenvalue weighted by Crippen LogP contribution is 2.22. The second-order valence-electron chi connectivity index (χ2n) is 6.24. The number of benzene rings is 1. The van der Waals surface area contributed by atoms with Crippen molar-refractivity contribution in [1.29, 1.82) is 0 Å². The Labute approximate surface area is 141 Å². The summed E-state index contributed by atoms with van der Waals surface area (Å²) in [6.45, 7) is 6.98. The first-order chi connectivity index (χ1) is 11.5. The molecule has 0 aliphatic carbocycles. The van der Waals surface area contributed by atoms with E-state index in [1.165, 1.54) is 0 Å². The van der Waals surface area contributed by atoms with Gasteiger partial charge in [-0.15, -0.1) is 0 Å². The number of hydrogen-bond donors (Lipinski definition) is 1. The lowest BCUT2D eigenvalue weighted by molar-refractivity contribution is 0.185. The molecular weight excluding hydrogens is 308 g/mol. The molecule has 1 aliphatic rings. The van der Waals surface area contributed by atoms with Gasteiger partial charge in [-0.2, -0.15) is 4.98 Å². The van der Waals surface area contributed by atoms with Crippen molar-refractivity contribution in [3.8, 4) is 17.1 Å². The maximum atomic E-state index is 12.0. The number of nitrogens with one attached hydrogen (secondary N) is 1. The van der Waals surface area contributed by atoms with Crippen LogP contribution in [0.2, 0.25) is 0 Å². The first-order valence-corrected chi connectivity index (χ1v) is 8.14. The van der Waals surface area contributed by atoms with Crippen molar-refractivity contribution >= 4 is 6.03 Å². The third kappa shape index (κ3) is 3.84. The maximum absolute atomic E-state index is 12.0. The maximum Gasteiger partial charge on any atom is 0.317 e. The van der Waals surface area contributed by atoms with E-state index < -0.39 is 0 Å². The lowest BCUT2D eigenvalue weighted by atomic mass is 10.2. The Morgan fingerprint density at radius 3 is 2.75 bits per heavy atom. The summed E-state index contributed by atoms with van der Waals surface area (Å²) in [5.74, 6) is 1.88. The van der Waals surface area contributed by atoms with Gasteiger partial charge in [0.2, 0.25) is 11.7 Å². The van der Waals surface area contributed by atoms with E-state index in [0.29, 0.717) is 24.8 Å². The number of hydrogen-bond acceptors (Lipinski definition) is 5. The van der Waals surface area contributed by atoms with Crippen molar-refractivity contribution in [2.45, 2.75) is 39.3 Å². The van der Waals surface area contributed by atoms with E-state index in [-0.39, 0.29) is 18.2 Å². The predicted molar refractivity (Wildman–Crippen MR) is 88.7 cm³/mol. The Kier molecular flexibility index (Phi) is 4.69. The van der Waals surface area contributed by atoms with Crippen LogP contribution in [-0.4, -0.2) is 46.3 Å². The predicted octanol–water partition coefficient (Wildman–Crippen LogP) is 2.62. The molecule has 1 N–H and O–H groups in total. The van der Waals surface area contributed by atoms with Gasteiger partial charge in [-0.05, 0) is 38.1 Å². The molecule has 7 heteroatoms. The van der Waals surface area contributed by atoms with Crippen LogP contribution < -0.4 is 10.1 Å². The standard InChI is InChI=1S/C17H22N4O3/c1-11(2)18-17(22)21-9-8-15(10-21)23-14-6-4-13(5-7-14)16-19-12(3)24-20-16/h4-7,11,15H,8-10H2,1-3H3,(H,18,22). The molecule has 2 amide bonds. The van der Waals surface area contributed by atoms with Gasteiger partial charge in [-0.1, -0.05) is 5.16 Å². The Hall–Kier alpha value is -2.57. The molecule has 1 unspecified atom stereocenters. The summed E-state index contributed by atoms with van der Waals surface area (Å²) in [7, 11) is 0. The number of aryl methyl sites for hydroxylation is 1. The van der Waals surface area contributed by atoms with Crippen molar-refractivity contribution in [2.75, 3.05) is 13.1 Å². The summed E-state index contributed by atoms with van der Waals surface area (Å²) >= 11 is 0. The zero-order chi connectivity index (χ0) is 17.1. The number of carbonyl (C=O) groups is 1. The number of amides is 2. The molecule has 1 atom stereocenters. The molecule has 0 radical (unpaired) electrons. The van der Waals surface area contributed by atoms with Gasteiger partial charge in [0.15, 0.2) is 0 Å². The average Bonchev–Trinajstić information content (AvgIpc) is 3.17. The number of ether oxygens (including phenoxy) is 1. The molecule has 2 heterocycles. The molecule has 0 spiro atoms. The third-order valence-corrected chi connectivity index (χ3v) is 3.79. The minimum Gasteiger partial charge on any atom is -0.489 e. The highest BCUT2D eigenvalue weighted by atomic mass is 16.5. The van der Waals surface area contributed by atoms with Gasteiger partial charge in [-0.3, -0.25) is 0 Å². The molecule has 3 rings (SSSR count). The van der Waals surface area contributed by atoms with E-state index >= 15 is 0 Å². The number of likely N-dealkylation sites (tertiary alicyclic amines) is 1. The molecule has 1 aliphatic heterocycles. The second kappa shape index (κ2) is 6.90. The zero-order valence-corrected chi connectivity index (χ0v) is 14.2. The second-order valence-corrected chi connectivity index (χ2v) is 6.24. The fraction of sp³-hybridized carbons (Fsp3) is 0.471. The Bertz CT molecular complexity index is 696. The molecule has 7 nitrogen and oxygen atoms in total. The van der Waals surface area contributed by atoms with Crippen molar-refractivity contribution in [3.63, 3.8) is 0 Å². The van der Waals surface area contributed by atoms with Crippen LogP contribution in [-0.2, 0) is 0 Å². The van der Waals surface area contributed by atoms with Gasteiger partial charge in [0, 0.05) is 31.5 Å². The van der Waals surface area contributed by atoms with E-state index in [9.17, 15) is 4.79 Å². The minimum atomic E-state index is -0.0288. The Balaban J connectivity index is 1.56. The molecule has 1 fully saturated rings. The summed E-state index contributed by atoms with van der Waals surface area (Å²) in [4.78, 5) is 18.0. The number of aromatic nitrogens is 2. The van der Waals surface area contributed by atoms with E-state index in [1.54, 1.807) is 11.8 Å². The van der Waals surface area contributed by atoms with E-state index in [2.05, 4.69) is 15.5 Å². The SMILES string of the molecule is Cc1nc(-c2ccc(OC3CCN(C(=O)NC(C)C)C3)cc2)no1. The lowest BCUT2D eigenvalue weighted by Gasteiger charge is -2.19. The molecule has 0 saturated carbocycles. The zero-order valence-electron chi connectivity index (χ0n) is 14.2. The highest BCUT2D eigenvalue weighted by molar-refractivity contribution is 5.74. The first-order valence-electron chi connectivity index (χ1n) is 8.14. The molecular formula is C17H22N4O3. The molecule has 1 aromatic carbocycles. The summed E-state index contributed by atoms with van der Waals surface area (Å²) in [5, 5.41) is 6.80. The van der Waals surface area contributed by atoms with Crippen LogP contribution in [0.4, 0.5) is 4.79 Å². The monoisotopic (exact) mass is 330 g/mol. The Morgan fingerprint density at radius 2 is 2.12 bits per heavy atom. The molecule has 2 aromatic rings. The highest BCUT2D eigenvalue weighted by Gasteiger charge is 2.27. The quantitative estimate of drug-likeness (QED) is 0.932. The lowest BCUT2D eigenvalue weighted by Crippen LogP contribution is -2.42.